The zero-order chi connectivity index (χ0) is 17.8. The highest BCUT2D eigenvalue weighted by molar-refractivity contribution is 6.31. The summed E-state index contributed by atoms with van der Waals surface area (Å²) in [5.74, 6) is 0.447. The number of rotatable bonds is 6. The number of nitrogens with zero attached hydrogens (tertiary/aromatic N) is 2. The van der Waals surface area contributed by atoms with E-state index in [-0.39, 0.29) is 5.56 Å². The fraction of sp³-hybridized carbons (Fsp3) is 0.278. The van der Waals surface area contributed by atoms with E-state index in [1.54, 1.807) is 0 Å². The molecular weight excluding hydrogens is 338 g/mol. The molecule has 0 aliphatic carbocycles. The highest BCUT2D eigenvalue weighted by atomic mass is 35.5. The minimum Gasteiger partial charge on any atom is -0.352 e. The summed E-state index contributed by atoms with van der Waals surface area (Å²) in [5.41, 5.74) is 4.73. The van der Waals surface area contributed by atoms with Crippen molar-refractivity contribution in [2.75, 3.05) is 5.32 Å². The lowest BCUT2D eigenvalue weighted by Crippen LogP contribution is -2.14. The normalized spacial score (nSPS) is 10.8. The van der Waals surface area contributed by atoms with Crippen molar-refractivity contribution < 1.29 is 0 Å². The summed E-state index contributed by atoms with van der Waals surface area (Å²) in [7, 11) is 0. The lowest BCUT2D eigenvalue weighted by atomic mass is 10.1. The molecular formula is C18H20ClN5O. The van der Waals surface area contributed by atoms with Crippen LogP contribution in [0.25, 0.3) is 0 Å². The number of halogens is 1. The summed E-state index contributed by atoms with van der Waals surface area (Å²) in [6, 6.07) is 9.10. The van der Waals surface area contributed by atoms with Crippen LogP contribution in [-0.2, 0) is 19.4 Å². The second kappa shape index (κ2) is 7.53. The van der Waals surface area contributed by atoms with E-state index in [0.29, 0.717) is 23.9 Å². The molecule has 0 radical (unpaired) electrons. The third kappa shape index (κ3) is 4.28. The Morgan fingerprint density at radius 2 is 2.00 bits per heavy atom. The van der Waals surface area contributed by atoms with Crippen molar-refractivity contribution in [2.24, 2.45) is 0 Å². The molecule has 0 fully saturated rings. The van der Waals surface area contributed by atoms with Gasteiger partial charge >= 0.3 is 0 Å². The third-order valence-corrected chi connectivity index (χ3v) is 4.48. The van der Waals surface area contributed by atoms with Gasteiger partial charge in [0.1, 0.15) is 0 Å². The van der Waals surface area contributed by atoms with Gasteiger partial charge in [0, 0.05) is 23.3 Å². The Labute approximate surface area is 150 Å². The van der Waals surface area contributed by atoms with Gasteiger partial charge in [-0.25, -0.2) is 4.98 Å². The number of hydrogen-bond acceptors (Lipinski definition) is 4. The number of aromatic nitrogens is 4. The second-order valence-electron chi connectivity index (χ2n) is 5.94. The van der Waals surface area contributed by atoms with Gasteiger partial charge in [0.25, 0.3) is 5.56 Å². The van der Waals surface area contributed by atoms with Gasteiger partial charge < -0.3 is 5.32 Å². The first-order chi connectivity index (χ1) is 12.0. The molecule has 130 valence electrons. The maximum Gasteiger partial charge on any atom is 0.252 e. The average molecular weight is 358 g/mol. The number of nitrogens with one attached hydrogen (secondary N) is 3. The maximum atomic E-state index is 11.9. The molecule has 0 aliphatic heterocycles. The standard InChI is InChI=1S/C18H20ClN5O/c1-11-15(12(2)24-23-11)8-7-14-9-17(25)22-18(21-14)20-10-13-5-3-4-6-16(13)19/h3-6,9H,7-8,10H2,1-2H3,(H,23,24)(H2,20,21,22,25). The Bertz CT molecular complexity index is 912. The SMILES string of the molecule is Cc1n[nH]c(C)c1CCc1cc(=O)[nH]c(NCc2ccccc2Cl)n1. The minimum atomic E-state index is -0.174. The van der Waals surface area contributed by atoms with E-state index in [1.807, 2.05) is 38.1 Å². The summed E-state index contributed by atoms with van der Waals surface area (Å²) in [5, 5.41) is 11.0. The zero-order valence-electron chi connectivity index (χ0n) is 14.2. The first-order valence-electron chi connectivity index (χ1n) is 8.11. The molecule has 0 aliphatic rings. The minimum absolute atomic E-state index is 0.174. The van der Waals surface area contributed by atoms with Crippen LogP contribution in [0.15, 0.2) is 35.1 Å². The molecule has 6 nitrogen and oxygen atoms in total. The van der Waals surface area contributed by atoms with Crippen LogP contribution in [0, 0.1) is 13.8 Å². The van der Waals surface area contributed by atoms with Gasteiger partial charge in [-0.2, -0.15) is 5.10 Å². The molecule has 1 aromatic carbocycles. The molecule has 3 rings (SSSR count). The van der Waals surface area contributed by atoms with Crippen molar-refractivity contribution >= 4 is 17.5 Å². The van der Waals surface area contributed by atoms with Crippen LogP contribution in [0.2, 0.25) is 5.02 Å². The molecule has 7 heteroatoms. The predicted octanol–water partition coefficient (Wildman–Crippen LogP) is 3.16. The van der Waals surface area contributed by atoms with Gasteiger partial charge in [-0.15, -0.1) is 0 Å². The van der Waals surface area contributed by atoms with Crippen LogP contribution >= 0.6 is 11.6 Å². The van der Waals surface area contributed by atoms with Crippen molar-refractivity contribution in [2.45, 2.75) is 33.2 Å². The fourth-order valence-electron chi connectivity index (χ4n) is 2.74. The molecule has 0 saturated heterocycles. The van der Waals surface area contributed by atoms with Crippen molar-refractivity contribution in [3.8, 4) is 0 Å². The van der Waals surface area contributed by atoms with Crippen LogP contribution < -0.4 is 10.9 Å². The molecule has 0 saturated carbocycles. The van der Waals surface area contributed by atoms with Gasteiger partial charge in [-0.05, 0) is 43.9 Å². The molecule has 2 heterocycles. The van der Waals surface area contributed by atoms with Gasteiger partial charge in [-0.3, -0.25) is 14.9 Å². The fourth-order valence-corrected chi connectivity index (χ4v) is 2.94. The summed E-state index contributed by atoms with van der Waals surface area (Å²) < 4.78 is 0. The highest BCUT2D eigenvalue weighted by Crippen LogP contribution is 2.16. The van der Waals surface area contributed by atoms with Gasteiger partial charge in [0.2, 0.25) is 5.95 Å². The van der Waals surface area contributed by atoms with Crippen molar-refractivity contribution in [3.05, 3.63) is 73.9 Å². The van der Waals surface area contributed by atoms with Crippen LogP contribution in [0.3, 0.4) is 0 Å². The summed E-state index contributed by atoms with van der Waals surface area (Å²) in [6.07, 6.45) is 1.46. The van der Waals surface area contributed by atoms with Gasteiger partial charge in [0.05, 0.1) is 11.4 Å². The topological polar surface area (TPSA) is 86.5 Å². The van der Waals surface area contributed by atoms with Crippen LogP contribution in [0.4, 0.5) is 5.95 Å². The average Bonchev–Trinajstić information content (AvgIpc) is 2.90. The van der Waals surface area contributed by atoms with Crippen molar-refractivity contribution in [1.82, 2.24) is 20.2 Å². The highest BCUT2D eigenvalue weighted by Gasteiger charge is 2.08. The van der Waals surface area contributed by atoms with E-state index in [1.165, 1.54) is 11.6 Å². The Morgan fingerprint density at radius 3 is 2.72 bits per heavy atom. The number of hydrogen-bond donors (Lipinski definition) is 3. The van der Waals surface area contributed by atoms with E-state index < -0.39 is 0 Å². The predicted molar refractivity (Wildman–Crippen MR) is 99.1 cm³/mol. The van der Waals surface area contributed by atoms with Crippen LogP contribution in [0.5, 0.6) is 0 Å². The van der Waals surface area contributed by atoms with Crippen molar-refractivity contribution in [1.29, 1.82) is 0 Å². The maximum absolute atomic E-state index is 11.9. The molecule has 2 aromatic heterocycles. The van der Waals surface area contributed by atoms with Gasteiger partial charge in [0.15, 0.2) is 0 Å². The Morgan fingerprint density at radius 1 is 1.20 bits per heavy atom. The molecule has 0 unspecified atom stereocenters. The first kappa shape index (κ1) is 17.2. The number of benzene rings is 1. The second-order valence-corrected chi connectivity index (χ2v) is 6.35. The third-order valence-electron chi connectivity index (χ3n) is 4.11. The summed E-state index contributed by atoms with van der Waals surface area (Å²) in [4.78, 5) is 19.1. The lowest BCUT2D eigenvalue weighted by Gasteiger charge is -2.08. The number of H-pyrrole nitrogens is 2. The molecule has 0 bridgehead atoms. The Kier molecular flexibility index (Phi) is 5.19. The molecule has 3 aromatic rings. The molecule has 0 amide bonds. The monoisotopic (exact) mass is 357 g/mol. The van der Waals surface area contributed by atoms with Gasteiger partial charge in [-0.1, -0.05) is 29.8 Å². The van der Waals surface area contributed by atoms with E-state index >= 15 is 0 Å². The number of anilines is 1. The largest absolute Gasteiger partial charge is 0.352 e. The van der Waals surface area contributed by atoms with E-state index in [9.17, 15) is 4.79 Å². The van der Waals surface area contributed by atoms with Crippen molar-refractivity contribution in [3.63, 3.8) is 0 Å². The summed E-state index contributed by atoms with van der Waals surface area (Å²) in [6.45, 7) is 4.46. The lowest BCUT2D eigenvalue weighted by molar-refractivity contribution is 0.878. The Balaban J connectivity index is 1.70. The Hall–Kier alpha value is -2.60. The van der Waals surface area contributed by atoms with E-state index in [0.717, 1.165) is 29.1 Å². The number of aryl methyl sites for hydroxylation is 3. The smallest absolute Gasteiger partial charge is 0.252 e. The molecule has 0 atom stereocenters. The number of aromatic amines is 2. The molecule has 25 heavy (non-hydrogen) atoms. The first-order valence-corrected chi connectivity index (χ1v) is 8.48. The van der Waals surface area contributed by atoms with Crippen LogP contribution in [-0.4, -0.2) is 20.2 Å². The quantitative estimate of drug-likeness (QED) is 0.632. The van der Waals surface area contributed by atoms with Crippen LogP contribution in [0.1, 0.15) is 28.2 Å². The summed E-state index contributed by atoms with van der Waals surface area (Å²) >= 11 is 6.15. The molecule has 3 N–H and O–H groups in total. The van der Waals surface area contributed by atoms with E-state index in [4.69, 9.17) is 11.6 Å². The molecule has 0 spiro atoms. The van der Waals surface area contributed by atoms with E-state index in [2.05, 4.69) is 25.5 Å². The zero-order valence-corrected chi connectivity index (χ0v) is 14.9.